The van der Waals surface area contributed by atoms with E-state index >= 15 is 0 Å². The van der Waals surface area contributed by atoms with Crippen molar-refractivity contribution in [3.05, 3.63) is 22.7 Å². The highest BCUT2D eigenvalue weighted by Crippen LogP contribution is 2.36. The van der Waals surface area contributed by atoms with Crippen LogP contribution in [0.25, 0.3) is 0 Å². The summed E-state index contributed by atoms with van der Waals surface area (Å²) in [5.74, 6) is 0.744. The molecule has 1 fully saturated rings. The molecule has 1 N–H and O–H groups in total. The number of halogens is 1. The molecule has 7 heteroatoms. The normalized spacial score (nSPS) is 14.2. The SMILES string of the molecule is CCCCOc1c(Cl)cc(C(=O)NCCC(=O)N2CCCCCC2)cc1OCC. The highest BCUT2D eigenvalue weighted by atomic mass is 35.5. The van der Waals surface area contributed by atoms with Crippen LogP contribution < -0.4 is 14.8 Å². The first-order valence-electron chi connectivity index (χ1n) is 10.7. The fourth-order valence-electron chi connectivity index (χ4n) is 3.28. The van der Waals surface area contributed by atoms with Gasteiger partial charge in [-0.05, 0) is 38.3 Å². The zero-order valence-corrected chi connectivity index (χ0v) is 18.4. The van der Waals surface area contributed by atoms with Gasteiger partial charge in [0, 0.05) is 31.6 Å². The second-order valence-electron chi connectivity index (χ2n) is 7.22. The van der Waals surface area contributed by atoms with E-state index in [0.29, 0.717) is 48.3 Å². The molecule has 1 heterocycles. The second-order valence-corrected chi connectivity index (χ2v) is 7.63. The van der Waals surface area contributed by atoms with Gasteiger partial charge < -0.3 is 19.7 Å². The Morgan fingerprint density at radius 3 is 2.48 bits per heavy atom. The number of benzene rings is 1. The summed E-state index contributed by atoms with van der Waals surface area (Å²) in [7, 11) is 0. The van der Waals surface area contributed by atoms with Crippen molar-refractivity contribution in [1.82, 2.24) is 10.2 Å². The first-order chi connectivity index (χ1) is 14.1. The van der Waals surface area contributed by atoms with Gasteiger partial charge in [0.05, 0.1) is 18.2 Å². The van der Waals surface area contributed by atoms with E-state index in [9.17, 15) is 9.59 Å². The Kier molecular flexibility index (Phi) is 10.1. The Morgan fingerprint density at radius 2 is 1.83 bits per heavy atom. The fourth-order valence-corrected chi connectivity index (χ4v) is 3.55. The van der Waals surface area contributed by atoms with Crippen LogP contribution in [-0.2, 0) is 4.79 Å². The summed E-state index contributed by atoms with van der Waals surface area (Å²) in [4.78, 5) is 26.8. The molecule has 0 atom stereocenters. The van der Waals surface area contributed by atoms with Crippen molar-refractivity contribution < 1.29 is 19.1 Å². The van der Waals surface area contributed by atoms with E-state index in [1.165, 1.54) is 12.8 Å². The number of amides is 2. The Bertz CT molecular complexity index is 673. The number of hydrogen-bond acceptors (Lipinski definition) is 4. The van der Waals surface area contributed by atoms with Gasteiger partial charge in [0.15, 0.2) is 11.5 Å². The number of nitrogens with one attached hydrogen (secondary N) is 1. The van der Waals surface area contributed by atoms with Gasteiger partial charge in [-0.15, -0.1) is 0 Å². The molecule has 1 aromatic carbocycles. The summed E-state index contributed by atoms with van der Waals surface area (Å²) >= 11 is 6.35. The Hall–Kier alpha value is -1.95. The number of unbranched alkanes of at least 4 members (excludes halogenated alkanes) is 1. The lowest BCUT2D eigenvalue weighted by molar-refractivity contribution is -0.131. The van der Waals surface area contributed by atoms with Gasteiger partial charge in [0.1, 0.15) is 0 Å². The van der Waals surface area contributed by atoms with Gasteiger partial charge in [0.25, 0.3) is 5.91 Å². The molecule has 29 heavy (non-hydrogen) atoms. The zero-order chi connectivity index (χ0) is 21.1. The topological polar surface area (TPSA) is 67.9 Å². The summed E-state index contributed by atoms with van der Waals surface area (Å²) in [6.07, 6.45) is 6.71. The summed E-state index contributed by atoms with van der Waals surface area (Å²) in [6, 6.07) is 3.22. The van der Waals surface area contributed by atoms with Gasteiger partial charge in [-0.2, -0.15) is 0 Å². The molecule has 2 rings (SSSR count). The summed E-state index contributed by atoms with van der Waals surface area (Å²) in [5.41, 5.74) is 0.392. The average Bonchev–Trinajstić information content (AvgIpc) is 2.99. The van der Waals surface area contributed by atoms with Gasteiger partial charge in [-0.3, -0.25) is 9.59 Å². The lowest BCUT2D eigenvalue weighted by atomic mass is 10.1. The average molecular weight is 425 g/mol. The third-order valence-electron chi connectivity index (χ3n) is 4.90. The van der Waals surface area contributed by atoms with Crippen molar-refractivity contribution in [1.29, 1.82) is 0 Å². The molecule has 1 aliphatic heterocycles. The minimum Gasteiger partial charge on any atom is -0.490 e. The van der Waals surface area contributed by atoms with Crippen LogP contribution >= 0.6 is 11.6 Å². The monoisotopic (exact) mass is 424 g/mol. The van der Waals surface area contributed by atoms with Gasteiger partial charge >= 0.3 is 0 Å². The third-order valence-corrected chi connectivity index (χ3v) is 5.18. The summed E-state index contributed by atoms with van der Waals surface area (Å²) in [6.45, 7) is 6.87. The zero-order valence-electron chi connectivity index (χ0n) is 17.6. The predicted octanol–water partition coefficient (Wildman–Crippen LogP) is 4.44. The van der Waals surface area contributed by atoms with Crippen LogP contribution in [-0.4, -0.2) is 49.6 Å². The van der Waals surface area contributed by atoms with Gasteiger partial charge in [0.2, 0.25) is 5.91 Å². The third kappa shape index (κ3) is 7.42. The van der Waals surface area contributed by atoms with Crippen molar-refractivity contribution in [2.45, 2.75) is 58.8 Å². The maximum absolute atomic E-state index is 12.5. The Labute approximate surface area is 178 Å². The molecule has 1 aromatic rings. The molecule has 0 unspecified atom stereocenters. The molecule has 0 saturated carbocycles. The maximum atomic E-state index is 12.5. The number of rotatable bonds is 10. The van der Waals surface area contributed by atoms with Crippen molar-refractivity contribution in [3.63, 3.8) is 0 Å². The minimum absolute atomic E-state index is 0.0971. The van der Waals surface area contributed by atoms with E-state index in [1.54, 1.807) is 12.1 Å². The molecule has 0 bridgehead atoms. The van der Waals surface area contributed by atoms with Crippen LogP contribution in [0.1, 0.15) is 69.2 Å². The number of likely N-dealkylation sites (tertiary alicyclic amines) is 1. The van der Waals surface area contributed by atoms with Crippen LogP contribution in [0.15, 0.2) is 12.1 Å². The van der Waals surface area contributed by atoms with Crippen LogP contribution in [0.5, 0.6) is 11.5 Å². The number of hydrogen-bond donors (Lipinski definition) is 1. The molecule has 1 saturated heterocycles. The number of carbonyl (C=O) groups excluding carboxylic acids is 2. The molecule has 162 valence electrons. The van der Waals surface area contributed by atoms with E-state index in [2.05, 4.69) is 12.2 Å². The quantitative estimate of drug-likeness (QED) is 0.564. The van der Waals surface area contributed by atoms with Crippen LogP contribution in [0.3, 0.4) is 0 Å². The Morgan fingerprint density at radius 1 is 1.10 bits per heavy atom. The van der Waals surface area contributed by atoms with E-state index in [4.69, 9.17) is 21.1 Å². The number of carbonyl (C=O) groups is 2. The van der Waals surface area contributed by atoms with Crippen LogP contribution in [0.4, 0.5) is 0 Å². The fraction of sp³-hybridized carbons (Fsp3) is 0.636. The molecular formula is C22H33ClN2O4. The van der Waals surface area contributed by atoms with Crippen LogP contribution in [0.2, 0.25) is 5.02 Å². The van der Waals surface area contributed by atoms with Crippen molar-refractivity contribution in [3.8, 4) is 11.5 Å². The molecule has 6 nitrogen and oxygen atoms in total. The minimum atomic E-state index is -0.281. The molecule has 0 radical (unpaired) electrons. The summed E-state index contributed by atoms with van der Waals surface area (Å²) < 4.78 is 11.4. The van der Waals surface area contributed by atoms with Gasteiger partial charge in [-0.25, -0.2) is 0 Å². The lowest BCUT2D eigenvalue weighted by Crippen LogP contribution is -2.35. The van der Waals surface area contributed by atoms with Crippen molar-refractivity contribution in [2.24, 2.45) is 0 Å². The van der Waals surface area contributed by atoms with E-state index < -0.39 is 0 Å². The second kappa shape index (κ2) is 12.6. The van der Waals surface area contributed by atoms with E-state index in [0.717, 1.165) is 38.8 Å². The highest BCUT2D eigenvalue weighted by molar-refractivity contribution is 6.32. The van der Waals surface area contributed by atoms with Crippen molar-refractivity contribution >= 4 is 23.4 Å². The molecule has 1 aliphatic rings. The molecule has 0 aliphatic carbocycles. The van der Waals surface area contributed by atoms with Gasteiger partial charge in [-0.1, -0.05) is 37.8 Å². The van der Waals surface area contributed by atoms with Crippen LogP contribution in [0, 0.1) is 0 Å². The molecule has 0 spiro atoms. The van der Waals surface area contributed by atoms with Crippen molar-refractivity contribution in [2.75, 3.05) is 32.8 Å². The lowest BCUT2D eigenvalue weighted by Gasteiger charge is -2.20. The summed E-state index contributed by atoms with van der Waals surface area (Å²) in [5, 5.41) is 3.16. The molecule has 2 amide bonds. The largest absolute Gasteiger partial charge is 0.490 e. The standard InChI is InChI=1S/C22H33ClN2O4/c1-3-5-14-29-21-18(23)15-17(16-19(21)28-4-2)22(27)24-11-10-20(26)25-12-8-6-7-9-13-25/h15-16H,3-14H2,1-2H3,(H,24,27). The smallest absolute Gasteiger partial charge is 0.251 e. The first kappa shape index (κ1) is 23.3. The number of ether oxygens (including phenoxy) is 2. The molecular weight excluding hydrogens is 392 g/mol. The maximum Gasteiger partial charge on any atom is 0.251 e. The Balaban J connectivity index is 1.94. The molecule has 0 aromatic heterocycles. The number of nitrogens with zero attached hydrogens (tertiary/aromatic N) is 1. The predicted molar refractivity (Wildman–Crippen MR) is 115 cm³/mol. The van der Waals surface area contributed by atoms with E-state index in [-0.39, 0.29) is 11.8 Å². The first-order valence-corrected chi connectivity index (χ1v) is 11.1. The van der Waals surface area contributed by atoms with E-state index in [1.807, 2.05) is 11.8 Å². The highest BCUT2D eigenvalue weighted by Gasteiger charge is 2.18.